The SMILES string of the molecule is O=C(C[C@H]1SC(=O)NC1=O)Oc1ccc([C@H]2SCC(=O)N2c2ccc(O)cc2)cc1. The van der Waals surface area contributed by atoms with Gasteiger partial charge in [-0.05, 0) is 42.0 Å². The lowest BCUT2D eigenvalue weighted by Gasteiger charge is -2.24. The summed E-state index contributed by atoms with van der Waals surface area (Å²) in [5.74, 6) is -0.367. The molecule has 2 aliphatic heterocycles. The number of hydrogen-bond acceptors (Lipinski definition) is 8. The van der Waals surface area contributed by atoms with E-state index in [1.807, 2.05) is 0 Å². The van der Waals surface area contributed by atoms with Gasteiger partial charge in [-0.3, -0.25) is 29.4 Å². The fraction of sp³-hybridized carbons (Fsp3) is 0.200. The second-order valence-corrected chi connectivity index (χ2v) is 8.82. The largest absolute Gasteiger partial charge is 0.508 e. The van der Waals surface area contributed by atoms with Gasteiger partial charge >= 0.3 is 5.97 Å². The van der Waals surface area contributed by atoms with Crippen molar-refractivity contribution in [3.63, 3.8) is 0 Å². The van der Waals surface area contributed by atoms with Crippen LogP contribution in [0.15, 0.2) is 48.5 Å². The molecule has 10 heteroatoms. The predicted octanol–water partition coefficient (Wildman–Crippen LogP) is 2.82. The fourth-order valence-electron chi connectivity index (χ4n) is 3.12. The molecule has 0 aromatic heterocycles. The molecule has 0 bridgehead atoms. The van der Waals surface area contributed by atoms with E-state index in [1.54, 1.807) is 41.3 Å². The van der Waals surface area contributed by atoms with E-state index in [2.05, 4.69) is 5.32 Å². The molecular weight excluding hydrogens is 428 g/mol. The number of phenolic OH excluding ortho intramolecular Hbond substituents is 1. The van der Waals surface area contributed by atoms with Gasteiger partial charge in [0.15, 0.2) is 0 Å². The Hall–Kier alpha value is -2.98. The number of esters is 1. The molecule has 2 aromatic rings. The highest BCUT2D eigenvalue weighted by Gasteiger charge is 2.35. The third-order valence-corrected chi connectivity index (χ3v) is 6.71. The Kier molecular flexibility index (Phi) is 5.69. The Labute approximate surface area is 180 Å². The average Bonchev–Trinajstić information content (AvgIpc) is 3.24. The minimum atomic E-state index is -0.774. The van der Waals surface area contributed by atoms with Crippen molar-refractivity contribution in [2.45, 2.75) is 17.0 Å². The average molecular weight is 444 g/mol. The van der Waals surface area contributed by atoms with Crippen LogP contribution in [0.2, 0.25) is 0 Å². The maximum atomic E-state index is 12.4. The van der Waals surface area contributed by atoms with E-state index in [0.29, 0.717) is 17.2 Å². The van der Waals surface area contributed by atoms with E-state index >= 15 is 0 Å². The van der Waals surface area contributed by atoms with Crippen molar-refractivity contribution >= 4 is 52.2 Å². The van der Waals surface area contributed by atoms with Gasteiger partial charge in [-0.15, -0.1) is 11.8 Å². The van der Waals surface area contributed by atoms with Crippen LogP contribution in [0.1, 0.15) is 17.4 Å². The number of ether oxygens (including phenoxy) is 1. The number of phenols is 1. The zero-order chi connectivity index (χ0) is 21.3. The second kappa shape index (κ2) is 8.41. The van der Waals surface area contributed by atoms with Gasteiger partial charge < -0.3 is 9.84 Å². The fourth-order valence-corrected chi connectivity index (χ4v) is 5.10. The lowest BCUT2D eigenvalue weighted by molar-refractivity contribution is -0.135. The van der Waals surface area contributed by atoms with E-state index in [9.17, 15) is 24.3 Å². The molecule has 2 heterocycles. The first-order chi connectivity index (χ1) is 14.4. The van der Waals surface area contributed by atoms with Gasteiger partial charge in [0.1, 0.15) is 22.1 Å². The molecule has 0 spiro atoms. The van der Waals surface area contributed by atoms with Crippen LogP contribution in [-0.2, 0) is 14.4 Å². The van der Waals surface area contributed by atoms with Gasteiger partial charge in [-0.2, -0.15) is 0 Å². The molecule has 2 atom stereocenters. The zero-order valence-electron chi connectivity index (χ0n) is 15.4. The minimum Gasteiger partial charge on any atom is -0.508 e. The smallest absolute Gasteiger partial charge is 0.312 e. The zero-order valence-corrected chi connectivity index (χ0v) is 17.1. The van der Waals surface area contributed by atoms with E-state index in [1.165, 1.54) is 23.9 Å². The number of carbonyl (C=O) groups excluding carboxylic acids is 4. The number of rotatable bonds is 5. The lowest BCUT2D eigenvalue weighted by atomic mass is 10.1. The number of thioether (sulfide) groups is 2. The number of nitrogens with one attached hydrogen (secondary N) is 1. The Morgan fingerprint density at radius 1 is 1.10 bits per heavy atom. The molecule has 4 rings (SSSR count). The molecule has 8 nitrogen and oxygen atoms in total. The summed E-state index contributed by atoms with van der Waals surface area (Å²) >= 11 is 2.25. The normalized spacial score (nSPS) is 21.1. The van der Waals surface area contributed by atoms with Gasteiger partial charge in [-0.1, -0.05) is 23.9 Å². The van der Waals surface area contributed by atoms with E-state index < -0.39 is 22.4 Å². The van der Waals surface area contributed by atoms with Gasteiger partial charge in [0, 0.05) is 5.69 Å². The maximum absolute atomic E-state index is 12.4. The number of aromatic hydroxyl groups is 1. The molecule has 2 saturated heterocycles. The quantitative estimate of drug-likeness (QED) is 0.535. The standard InChI is InChI=1S/C20H16N2O6S2/c23-13-5-3-12(4-6-13)22-16(24)10-29-19(22)11-1-7-14(8-2-11)28-17(25)9-15-18(26)21-20(27)30-15/h1-8,15,19,23H,9-10H2,(H,21,26,27)/t15-,19-/m1/s1. The predicted molar refractivity (Wildman–Crippen MR) is 112 cm³/mol. The highest BCUT2D eigenvalue weighted by atomic mass is 32.2. The van der Waals surface area contributed by atoms with Crippen LogP contribution in [-0.4, -0.2) is 39.1 Å². The van der Waals surface area contributed by atoms with Crippen molar-refractivity contribution in [1.29, 1.82) is 0 Å². The van der Waals surface area contributed by atoms with Crippen molar-refractivity contribution in [3.8, 4) is 11.5 Å². The first-order valence-electron chi connectivity index (χ1n) is 8.95. The molecule has 0 radical (unpaired) electrons. The van der Waals surface area contributed by atoms with Crippen LogP contribution < -0.4 is 15.0 Å². The number of imide groups is 1. The summed E-state index contributed by atoms with van der Waals surface area (Å²) < 4.78 is 5.26. The van der Waals surface area contributed by atoms with Crippen LogP contribution in [0.5, 0.6) is 11.5 Å². The number of carbonyl (C=O) groups is 4. The number of benzene rings is 2. The summed E-state index contributed by atoms with van der Waals surface area (Å²) in [5.41, 5.74) is 1.54. The van der Waals surface area contributed by atoms with Crippen molar-refractivity contribution < 1.29 is 29.0 Å². The van der Waals surface area contributed by atoms with Crippen LogP contribution in [0, 0.1) is 0 Å². The van der Waals surface area contributed by atoms with E-state index in [0.717, 1.165) is 17.3 Å². The molecule has 154 valence electrons. The molecule has 0 unspecified atom stereocenters. The summed E-state index contributed by atoms with van der Waals surface area (Å²) in [5, 5.41) is 10.1. The van der Waals surface area contributed by atoms with Crippen molar-refractivity contribution in [2.24, 2.45) is 0 Å². The summed E-state index contributed by atoms with van der Waals surface area (Å²) in [6, 6.07) is 13.2. The van der Waals surface area contributed by atoms with Gasteiger partial charge in [-0.25, -0.2) is 0 Å². The minimum absolute atomic E-state index is 0.0342. The first-order valence-corrected chi connectivity index (χ1v) is 10.9. The number of anilines is 1. The molecule has 2 aliphatic rings. The van der Waals surface area contributed by atoms with E-state index in [-0.39, 0.29) is 23.5 Å². The number of nitrogens with zero attached hydrogens (tertiary/aromatic N) is 1. The second-order valence-electron chi connectivity index (χ2n) is 6.57. The molecule has 0 aliphatic carbocycles. The summed E-state index contributed by atoms with van der Waals surface area (Å²) in [4.78, 5) is 48.8. The topological polar surface area (TPSA) is 113 Å². The Morgan fingerprint density at radius 2 is 1.80 bits per heavy atom. The van der Waals surface area contributed by atoms with Gasteiger partial charge in [0.2, 0.25) is 11.8 Å². The van der Waals surface area contributed by atoms with Crippen molar-refractivity contribution in [1.82, 2.24) is 5.32 Å². The molecule has 30 heavy (non-hydrogen) atoms. The highest BCUT2D eigenvalue weighted by molar-refractivity contribution is 8.15. The van der Waals surface area contributed by atoms with Crippen molar-refractivity contribution in [3.05, 3.63) is 54.1 Å². The molecular formula is C20H16N2O6S2. The summed E-state index contributed by atoms with van der Waals surface area (Å²) in [7, 11) is 0. The molecule has 2 N–H and O–H groups in total. The summed E-state index contributed by atoms with van der Waals surface area (Å²) in [6.45, 7) is 0. The van der Waals surface area contributed by atoms with Crippen LogP contribution in [0.4, 0.5) is 10.5 Å². The Balaban J connectivity index is 1.43. The van der Waals surface area contributed by atoms with Gasteiger partial charge in [0.05, 0.1) is 12.2 Å². The van der Waals surface area contributed by atoms with Crippen LogP contribution in [0.3, 0.4) is 0 Å². The molecule has 2 aromatic carbocycles. The van der Waals surface area contributed by atoms with E-state index in [4.69, 9.17) is 4.74 Å². The highest BCUT2D eigenvalue weighted by Crippen LogP contribution is 2.42. The van der Waals surface area contributed by atoms with Crippen LogP contribution >= 0.6 is 23.5 Å². The molecule has 2 fully saturated rings. The monoisotopic (exact) mass is 444 g/mol. The summed E-state index contributed by atoms with van der Waals surface area (Å²) in [6.07, 6.45) is -0.203. The maximum Gasteiger partial charge on any atom is 0.312 e. The molecule has 3 amide bonds. The number of amides is 3. The lowest BCUT2D eigenvalue weighted by Crippen LogP contribution is -2.27. The molecule has 0 saturated carbocycles. The van der Waals surface area contributed by atoms with Crippen molar-refractivity contribution in [2.75, 3.05) is 10.7 Å². The van der Waals surface area contributed by atoms with Crippen LogP contribution in [0.25, 0.3) is 0 Å². The van der Waals surface area contributed by atoms with Gasteiger partial charge in [0.25, 0.3) is 5.24 Å². The first kappa shape index (κ1) is 20.3. The Bertz CT molecular complexity index is 1010. The third-order valence-electron chi connectivity index (χ3n) is 4.51. The Morgan fingerprint density at radius 3 is 2.43 bits per heavy atom. The third kappa shape index (κ3) is 4.29. The number of hydrogen-bond donors (Lipinski definition) is 2.